The van der Waals surface area contributed by atoms with Crippen molar-refractivity contribution in [3.63, 3.8) is 0 Å². The van der Waals surface area contributed by atoms with Crippen LogP contribution in [0.4, 0.5) is 6.01 Å². The molecule has 30 heavy (non-hydrogen) atoms. The normalized spacial score (nSPS) is 11.1. The second-order valence-corrected chi connectivity index (χ2v) is 6.61. The van der Waals surface area contributed by atoms with Gasteiger partial charge in [-0.05, 0) is 35.9 Å². The van der Waals surface area contributed by atoms with Gasteiger partial charge in [-0.15, -0.1) is 5.10 Å². The third-order valence-corrected chi connectivity index (χ3v) is 4.70. The summed E-state index contributed by atoms with van der Waals surface area (Å²) in [5.41, 5.74) is 1.13. The maximum atomic E-state index is 12.8. The number of fused-ring (bicyclic) bond motifs is 2. The molecule has 0 aliphatic carbocycles. The van der Waals surface area contributed by atoms with Crippen molar-refractivity contribution in [2.45, 2.75) is 6.92 Å². The molecule has 2 aromatic heterocycles. The van der Waals surface area contributed by atoms with Gasteiger partial charge in [0.2, 0.25) is 0 Å². The maximum absolute atomic E-state index is 12.8. The maximum Gasteiger partial charge on any atom is 0.322 e. The smallest absolute Gasteiger partial charge is 0.322 e. The van der Waals surface area contributed by atoms with Gasteiger partial charge in [-0.1, -0.05) is 53.6 Å². The molecule has 0 spiro atoms. The van der Waals surface area contributed by atoms with Gasteiger partial charge in [0.15, 0.2) is 17.1 Å². The van der Waals surface area contributed by atoms with Crippen molar-refractivity contribution < 1.29 is 18.4 Å². The van der Waals surface area contributed by atoms with Crippen LogP contribution in [0.15, 0.2) is 75.6 Å². The first kappa shape index (κ1) is 17.9. The molecule has 5 aromatic rings. The van der Waals surface area contributed by atoms with Crippen LogP contribution in [0.1, 0.15) is 17.3 Å². The number of hydrogen-bond acceptors (Lipinski definition) is 6. The van der Waals surface area contributed by atoms with Crippen molar-refractivity contribution in [2.24, 2.45) is 0 Å². The van der Waals surface area contributed by atoms with Crippen LogP contribution in [0.2, 0.25) is 0 Å². The van der Waals surface area contributed by atoms with E-state index in [0.717, 1.165) is 16.2 Å². The third-order valence-electron chi connectivity index (χ3n) is 4.70. The van der Waals surface area contributed by atoms with Gasteiger partial charge in [-0.2, -0.15) is 0 Å². The summed E-state index contributed by atoms with van der Waals surface area (Å²) in [6, 6.07) is 20.6. The molecule has 0 atom stereocenters. The Hall–Kier alpha value is -4.13. The summed E-state index contributed by atoms with van der Waals surface area (Å²) in [7, 11) is 0. The van der Waals surface area contributed by atoms with Crippen LogP contribution in [0.5, 0.6) is 5.75 Å². The van der Waals surface area contributed by atoms with Crippen LogP contribution in [0.3, 0.4) is 0 Å². The summed E-state index contributed by atoms with van der Waals surface area (Å²) in [4.78, 5) is 12.8. The Morgan fingerprint density at radius 3 is 2.67 bits per heavy atom. The van der Waals surface area contributed by atoms with Gasteiger partial charge in [0.05, 0.1) is 6.61 Å². The van der Waals surface area contributed by atoms with E-state index in [0.29, 0.717) is 29.3 Å². The molecule has 0 unspecified atom stereocenters. The Labute approximate surface area is 171 Å². The first-order valence-corrected chi connectivity index (χ1v) is 9.51. The van der Waals surface area contributed by atoms with E-state index in [1.54, 1.807) is 12.1 Å². The van der Waals surface area contributed by atoms with E-state index in [-0.39, 0.29) is 17.8 Å². The number of para-hydroxylation sites is 1. The number of rotatable bonds is 5. The lowest BCUT2D eigenvalue weighted by molar-refractivity contribution is 0.102. The van der Waals surface area contributed by atoms with Gasteiger partial charge in [0.1, 0.15) is 0 Å². The van der Waals surface area contributed by atoms with Crippen LogP contribution in [-0.2, 0) is 0 Å². The number of hydrogen-bond donors (Lipinski definition) is 1. The number of benzene rings is 3. The topological polar surface area (TPSA) is 90.4 Å². The SMILES string of the molecule is CCOc1cccc2cc(-c3nnc(NC(=O)c4cccc5ccccc45)o3)oc12. The molecular weight excluding hydrogens is 382 g/mol. The number of amides is 1. The first-order chi connectivity index (χ1) is 14.7. The average molecular weight is 399 g/mol. The van der Waals surface area contributed by atoms with Gasteiger partial charge in [0, 0.05) is 10.9 Å². The summed E-state index contributed by atoms with van der Waals surface area (Å²) >= 11 is 0. The van der Waals surface area contributed by atoms with E-state index in [2.05, 4.69) is 15.5 Å². The van der Waals surface area contributed by atoms with Gasteiger partial charge in [-0.25, -0.2) is 0 Å². The molecule has 1 N–H and O–H groups in total. The Morgan fingerprint density at radius 1 is 0.967 bits per heavy atom. The van der Waals surface area contributed by atoms with Crippen LogP contribution in [0, 0.1) is 0 Å². The van der Waals surface area contributed by atoms with E-state index in [1.165, 1.54) is 0 Å². The lowest BCUT2D eigenvalue weighted by Crippen LogP contribution is -2.12. The molecule has 0 aliphatic rings. The summed E-state index contributed by atoms with van der Waals surface area (Å²) < 4.78 is 17.1. The van der Waals surface area contributed by atoms with Crippen molar-refractivity contribution in [1.29, 1.82) is 0 Å². The van der Waals surface area contributed by atoms with E-state index in [4.69, 9.17) is 13.6 Å². The second kappa shape index (κ2) is 7.36. The second-order valence-electron chi connectivity index (χ2n) is 6.61. The molecule has 0 saturated carbocycles. The van der Waals surface area contributed by atoms with E-state index in [1.807, 2.05) is 61.5 Å². The van der Waals surface area contributed by atoms with E-state index >= 15 is 0 Å². The number of furan rings is 1. The highest BCUT2D eigenvalue weighted by Crippen LogP contribution is 2.33. The standard InChI is InChI=1S/C23H17N3O4/c1-2-28-18-12-6-9-15-13-19(29-20(15)18)22-25-26-23(30-22)24-21(27)17-11-5-8-14-7-3-4-10-16(14)17/h3-13H,2H2,1H3,(H,24,26,27). The molecule has 0 bridgehead atoms. The Kier molecular flexibility index (Phi) is 4.40. The fourth-order valence-electron chi connectivity index (χ4n) is 3.37. The Morgan fingerprint density at radius 2 is 1.77 bits per heavy atom. The molecule has 1 amide bonds. The minimum Gasteiger partial charge on any atom is -0.490 e. The molecule has 7 heteroatoms. The molecule has 0 aliphatic heterocycles. The Bertz CT molecular complexity index is 1360. The summed E-state index contributed by atoms with van der Waals surface area (Å²) in [6.07, 6.45) is 0. The average Bonchev–Trinajstić information content (AvgIpc) is 3.41. The minimum atomic E-state index is -0.328. The summed E-state index contributed by atoms with van der Waals surface area (Å²) in [6.45, 7) is 2.44. The molecule has 3 aromatic carbocycles. The largest absolute Gasteiger partial charge is 0.490 e. The lowest BCUT2D eigenvalue weighted by atomic mass is 10.0. The van der Waals surface area contributed by atoms with Crippen LogP contribution in [0.25, 0.3) is 33.4 Å². The highest BCUT2D eigenvalue weighted by Gasteiger charge is 2.18. The van der Waals surface area contributed by atoms with Crippen LogP contribution < -0.4 is 10.1 Å². The third kappa shape index (κ3) is 3.16. The van der Waals surface area contributed by atoms with Crippen molar-refractivity contribution in [1.82, 2.24) is 10.2 Å². The first-order valence-electron chi connectivity index (χ1n) is 9.51. The fraction of sp³-hybridized carbons (Fsp3) is 0.0870. The summed E-state index contributed by atoms with van der Waals surface area (Å²) in [5, 5.41) is 13.3. The molecule has 5 rings (SSSR count). The quantitative estimate of drug-likeness (QED) is 0.432. The number of anilines is 1. The van der Waals surface area contributed by atoms with E-state index in [9.17, 15) is 4.79 Å². The van der Waals surface area contributed by atoms with E-state index < -0.39 is 0 Å². The van der Waals surface area contributed by atoms with Crippen LogP contribution >= 0.6 is 0 Å². The van der Waals surface area contributed by atoms with Gasteiger partial charge >= 0.3 is 6.01 Å². The number of carbonyl (C=O) groups is 1. The summed E-state index contributed by atoms with van der Waals surface area (Å²) in [5.74, 6) is 0.882. The predicted octanol–water partition coefficient (Wildman–Crippen LogP) is 5.29. The minimum absolute atomic E-state index is 0.00609. The Balaban J connectivity index is 1.42. The molecule has 0 radical (unpaired) electrons. The van der Waals surface area contributed by atoms with Crippen molar-refractivity contribution in [3.05, 3.63) is 72.3 Å². The monoisotopic (exact) mass is 399 g/mol. The number of carbonyl (C=O) groups excluding carboxylic acids is 1. The highest BCUT2D eigenvalue weighted by molar-refractivity contribution is 6.12. The van der Waals surface area contributed by atoms with Gasteiger partial charge in [-0.3, -0.25) is 10.1 Å². The zero-order valence-electron chi connectivity index (χ0n) is 16.1. The number of ether oxygens (including phenoxy) is 1. The molecule has 0 fully saturated rings. The molecule has 148 valence electrons. The molecule has 0 saturated heterocycles. The van der Waals surface area contributed by atoms with Crippen molar-refractivity contribution >= 4 is 33.7 Å². The van der Waals surface area contributed by atoms with Crippen molar-refractivity contribution in [3.8, 4) is 17.4 Å². The zero-order valence-corrected chi connectivity index (χ0v) is 16.1. The fourth-order valence-corrected chi connectivity index (χ4v) is 3.37. The van der Waals surface area contributed by atoms with Crippen molar-refractivity contribution in [2.75, 3.05) is 11.9 Å². The molecule has 7 nitrogen and oxygen atoms in total. The number of aromatic nitrogens is 2. The predicted molar refractivity (Wildman–Crippen MR) is 113 cm³/mol. The highest BCUT2D eigenvalue weighted by atomic mass is 16.5. The molecular formula is C23H17N3O4. The number of nitrogens with one attached hydrogen (secondary N) is 1. The number of nitrogens with zero attached hydrogens (tertiary/aromatic N) is 2. The van der Waals surface area contributed by atoms with Gasteiger partial charge < -0.3 is 13.6 Å². The lowest BCUT2D eigenvalue weighted by Gasteiger charge is -2.05. The van der Waals surface area contributed by atoms with Crippen LogP contribution in [-0.4, -0.2) is 22.7 Å². The molecule has 2 heterocycles. The van der Waals surface area contributed by atoms with Gasteiger partial charge in [0.25, 0.3) is 11.8 Å². The zero-order chi connectivity index (χ0) is 20.5.